The molecule has 0 saturated heterocycles. The van der Waals surface area contributed by atoms with Gasteiger partial charge in [-0.05, 0) is 22.9 Å². The molecule has 0 fully saturated rings. The van der Waals surface area contributed by atoms with E-state index in [-0.39, 0.29) is 0 Å². The van der Waals surface area contributed by atoms with E-state index < -0.39 is 9.04 Å². The van der Waals surface area contributed by atoms with Crippen LogP contribution in [0.1, 0.15) is 41.5 Å². The fourth-order valence-corrected chi connectivity index (χ4v) is 5.40. The molecule has 0 unspecified atom stereocenters. The van der Waals surface area contributed by atoms with E-state index in [0.29, 0.717) is 10.8 Å². The molecule has 2 nitrogen and oxygen atoms in total. The van der Waals surface area contributed by atoms with Crippen molar-refractivity contribution in [2.45, 2.75) is 53.6 Å². The van der Waals surface area contributed by atoms with E-state index in [2.05, 4.69) is 41.5 Å². The van der Waals surface area contributed by atoms with Crippen molar-refractivity contribution in [3.63, 3.8) is 0 Å². The first-order valence-electron chi connectivity index (χ1n) is 6.24. The van der Waals surface area contributed by atoms with Gasteiger partial charge >= 0.3 is 0 Å². The SMILES string of the molecule is COCCO[SiH](CC(C)(C)C)CC(C)(C)C. The van der Waals surface area contributed by atoms with Crippen LogP contribution in [0.15, 0.2) is 0 Å². The zero-order valence-corrected chi connectivity index (χ0v) is 13.4. The molecule has 98 valence electrons. The molecule has 0 bridgehead atoms. The van der Waals surface area contributed by atoms with Crippen LogP contribution in [0.2, 0.25) is 12.1 Å². The van der Waals surface area contributed by atoms with Crippen molar-refractivity contribution in [2.24, 2.45) is 10.8 Å². The maximum atomic E-state index is 6.05. The van der Waals surface area contributed by atoms with Crippen molar-refractivity contribution >= 4 is 9.04 Å². The highest BCUT2D eigenvalue weighted by atomic mass is 28.3. The zero-order chi connectivity index (χ0) is 12.8. The fraction of sp³-hybridized carbons (Fsp3) is 1.00. The van der Waals surface area contributed by atoms with E-state index >= 15 is 0 Å². The molecule has 0 saturated carbocycles. The predicted octanol–water partition coefficient (Wildman–Crippen LogP) is 3.47. The van der Waals surface area contributed by atoms with Gasteiger partial charge in [-0.25, -0.2) is 0 Å². The molecule has 0 radical (unpaired) electrons. The average Bonchev–Trinajstić information content (AvgIpc) is 1.97. The summed E-state index contributed by atoms with van der Waals surface area (Å²) in [7, 11) is 0.634. The van der Waals surface area contributed by atoms with Gasteiger partial charge in [-0.3, -0.25) is 0 Å². The van der Waals surface area contributed by atoms with Crippen molar-refractivity contribution in [1.82, 2.24) is 0 Å². The van der Waals surface area contributed by atoms with Gasteiger partial charge in [0.1, 0.15) is 0 Å². The molecule has 0 aromatic heterocycles. The third-order valence-corrected chi connectivity index (χ3v) is 6.39. The van der Waals surface area contributed by atoms with Crippen LogP contribution in [0.3, 0.4) is 0 Å². The van der Waals surface area contributed by atoms with Gasteiger partial charge < -0.3 is 9.16 Å². The summed E-state index contributed by atoms with van der Waals surface area (Å²) < 4.78 is 11.1. The van der Waals surface area contributed by atoms with Crippen molar-refractivity contribution in [3.8, 4) is 0 Å². The predicted molar refractivity (Wildman–Crippen MR) is 73.5 cm³/mol. The standard InChI is InChI=1S/C13H30O2Si/c1-12(2,3)10-16(11-13(4,5)6)15-9-8-14-7/h16H,8-11H2,1-7H3. The van der Waals surface area contributed by atoms with Crippen LogP contribution in [0.4, 0.5) is 0 Å². The number of rotatable bonds is 6. The number of hydrogen-bond acceptors (Lipinski definition) is 2. The molecule has 3 heteroatoms. The Morgan fingerprint density at radius 1 is 0.812 bits per heavy atom. The molecule has 0 aliphatic carbocycles. The molecule has 0 aromatic carbocycles. The van der Waals surface area contributed by atoms with Gasteiger partial charge in [0.05, 0.1) is 13.2 Å². The topological polar surface area (TPSA) is 18.5 Å². The van der Waals surface area contributed by atoms with Gasteiger partial charge in [0, 0.05) is 7.11 Å². The summed E-state index contributed by atoms with van der Waals surface area (Å²) in [6.45, 7) is 15.3. The highest BCUT2D eigenvalue weighted by Gasteiger charge is 2.26. The molecule has 0 atom stereocenters. The molecule has 0 amide bonds. The summed E-state index contributed by atoms with van der Waals surface area (Å²) in [5.41, 5.74) is 0.768. The van der Waals surface area contributed by atoms with Gasteiger partial charge in [0.2, 0.25) is 0 Å². The van der Waals surface area contributed by atoms with Gasteiger partial charge in [-0.1, -0.05) is 41.5 Å². The van der Waals surface area contributed by atoms with Crippen LogP contribution >= 0.6 is 0 Å². The molecule has 0 aliphatic heterocycles. The largest absolute Gasteiger partial charge is 0.418 e. The molecular formula is C13H30O2Si. The van der Waals surface area contributed by atoms with Crippen molar-refractivity contribution < 1.29 is 9.16 Å². The van der Waals surface area contributed by atoms with Crippen molar-refractivity contribution in [2.75, 3.05) is 20.3 Å². The van der Waals surface area contributed by atoms with Crippen LogP contribution in [-0.2, 0) is 9.16 Å². The number of methoxy groups -OCH3 is 1. The maximum absolute atomic E-state index is 6.05. The Balaban J connectivity index is 4.17. The minimum Gasteiger partial charge on any atom is -0.418 e. The lowest BCUT2D eigenvalue weighted by Crippen LogP contribution is -2.30. The minimum atomic E-state index is -1.10. The average molecular weight is 246 g/mol. The Hall–Kier alpha value is 0.137. The lowest BCUT2D eigenvalue weighted by Gasteiger charge is -2.29. The van der Waals surface area contributed by atoms with Crippen LogP contribution in [0, 0.1) is 10.8 Å². The van der Waals surface area contributed by atoms with E-state index in [9.17, 15) is 0 Å². The third kappa shape index (κ3) is 10.6. The number of ether oxygens (including phenoxy) is 1. The second-order valence-corrected chi connectivity index (χ2v) is 9.41. The molecule has 0 aromatic rings. The quantitative estimate of drug-likeness (QED) is 0.528. The second-order valence-electron chi connectivity index (χ2n) is 7.02. The van der Waals surface area contributed by atoms with Gasteiger partial charge in [0.25, 0.3) is 0 Å². The van der Waals surface area contributed by atoms with E-state index in [4.69, 9.17) is 9.16 Å². The summed E-state index contributed by atoms with van der Waals surface area (Å²) >= 11 is 0. The van der Waals surface area contributed by atoms with E-state index in [1.165, 1.54) is 12.1 Å². The van der Waals surface area contributed by atoms with Crippen LogP contribution < -0.4 is 0 Å². The molecular weight excluding hydrogens is 216 g/mol. The first kappa shape index (κ1) is 16.1. The second kappa shape index (κ2) is 6.77. The molecule has 0 spiro atoms. The highest BCUT2D eigenvalue weighted by Crippen LogP contribution is 2.29. The third-order valence-electron chi connectivity index (χ3n) is 2.32. The molecule has 0 N–H and O–H groups in total. The molecule has 16 heavy (non-hydrogen) atoms. The first-order valence-corrected chi connectivity index (χ1v) is 8.35. The van der Waals surface area contributed by atoms with Crippen molar-refractivity contribution in [1.29, 1.82) is 0 Å². The molecule has 0 aliphatic rings. The Bertz CT molecular complexity index is 163. The monoisotopic (exact) mass is 246 g/mol. The highest BCUT2D eigenvalue weighted by molar-refractivity contribution is 6.52. The number of hydrogen-bond donors (Lipinski definition) is 0. The van der Waals surface area contributed by atoms with Gasteiger partial charge in [-0.15, -0.1) is 0 Å². The first-order chi connectivity index (χ1) is 7.14. The normalized spacial score (nSPS) is 13.5. The molecule has 0 rings (SSSR count). The van der Waals surface area contributed by atoms with Crippen molar-refractivity contribution in [3.05, 3.63) is 0 Å². The van der Waals surface area contributed by atoms with Gasteiger partial charge in [-0.2, -0.15) is 0 Å². The summed E-state index contributed by atoms with van der Waals surface area (Å²) in [6, 6.07) is 2.49. The van der Waals surface area contributed by atoms with Crippen LogP contribution in [0.5, 0.6) is 0 Å². The Morgan fingerprint density at radius 3 is 1.56 bits per heavy atom. The van der Waals surface area contributed by atoms with Crippen LogP contribution in [-0.4, -0.2) is 29.4 Å². The summed E-state index contributed by atoms with van der Waals surface area (Å²) in [6.07, 6.45) is 0. The van der Waals surface area contributed by atoms with E-state index in [0.717, 1.165) is 13.2 Å². The van der Waals surface area contributed by atoms with E-state index in [1.807, 2.05) is 0 Å². The smallest absolute Gasteiger partial charge is 0.178 e. The lowest BCUT2D eigenvalue weighted by atomic mass is 10.00. The fourth-order valence-electron chi connectivity index (χ4n) is 1.85. The molecule has 0 heterocycles. The van der Waals surface area contributed by atoms with E-state index in [1.54, 1.807) is 7.11 Å². The minimum absolute atomic E-state index is 0.384. The lowest BCUT2D eigenvalue weighted by molar-refractivity contribution is 0.142. The Morgan fingerprint density at radius 2 is 1.25 bits per heavy atom. The summed E-state index contributed by atoms with van der Waals surface area (Å²) in [5.74, 6) is 0. The van der Waals surface area contributed by atoms with Crippen LogP contribution in [0.25, 0.3) is 0 Å². The Kier molecular flexibility index (Phi) is 6.83. The summed E-state index contributed by atoms with van der Waals surface area (Å²) in [4.78, 5) is 0. The Labute approximate surface area is 103 Å². The zero-order valence-electron chi connectivity index (χ0n) is 12.2. The van der Waals surface area contributed by atoms with Gasteiger partial charge in [0.15, 0.2) is 9.04 Å². The summed E-state index contributed by atoms with van der Waals surface area (Å²) in [5, 5.41) is 0. The maximum Gasteiger partial charge on any atom is 0.178 e.